The number of ether oxygens (including phenoxy) is 1. The van der Waals surface area contributed by atoms with E-state index < -0.39 is 20.0 Å². The fourth-order valence-corrected chi connectivity index (χ4v) is 10.2. The van der Waals surface area contributed by atoms with Crippen molar-refractivity contribution in [2.45, 2.75) is 296 Å². The van der Waals surface area contributed by atoms with Crippen LogP contribution in [-0.2, 0) is 27.9 Å². The highest BCUT2D eigenvalue weighted by molar-refractivity contribution is 7.47. The molecule has 0 aromatic heterocycles. The van der Waals surface area contributed by atoms with Crippen molar-refractivity contribution in [3.63, 3.8) is 0 Å². The summed E-state index contributed by atoms with van der Waals surface area (Å²) in [6, 6.07) is -0.872. The van der Waals surface area contributed by atoms with E-state index in [1.165, 1.54) is 96.3 Å². The van der Waals surface area contributed by atoms with Crippen molar-refractivity contribution in [1.82, 2.24) is 5.32 Å². The number of nitrogens with zero attached hydrogens (tertiary/aromatic N) is 1. The highest BCUT2D eigenvalue weighted by atomic mass is 31.2. The number of carbonyl (C=O) groups excluding carboxylic acids is 2. The normalized spacial score (nSPS) is 14.4. The predicted molar refractivity (Wildman–Crippen MR) is 373 cm³/mol. The maximum Gasteiger partial charge on any atom is 0.472 e. The number of carbonyl (C=O) groups is 2. The monoisotopic (exact) mass is 1220 g/mol. The third-order valence-electron chi connectivity index (χ3n) is 14.8. The molecule has 0 rings (SSSR count). The number of unbranched alkanes of at least 4 members (excludes halogenated alkanes) is 26. The largest absolute Gasteiger partial charge is 0.472 e. The van der Waals surface area contributed by atoms with Crippen LogP contribution >= 0.6 is 7.82 Å². The van der Waals surface area contributed by atoms with Crippen LogP contribution in [-0.4, -0.2) is 74.3 Å². The van der Waals surface area contributed by atoms with Crippen LogP contribution in [0.2, 0.25) is 0 Å². The smallest absolute Gasteiger partial charge is 0.456 e. The molecule has 0 aromatic rings. The molecule has 0 saturated carbocycles. The zero-order valence-electron chi connectivity index (χ0n) is 56.3. The Morgan fingerprint density at radius 2 is 0.744 bits per heavy atom. The van der Waals surface area contributed by atoms with Gasteiger partial charge in [-0.25, -0.2) is 4.57 Å². The summed E-state index contributed by atoms with van der Waals surface area (Å²) in [6.07, 6.45) is 91.7. The van der Waals surface area contributed by atoms with Gasteiger partial charge in [-0.15, -0.1) is 0 Å². The second kappa shape index (κ2) is 64.1. The van der Waals surface area contributed by atoms with Gasteiger partial charge in [0.05, 0.1) is 33.8 Å². The van der Waals surface area contributed by atoms with Crippen LogP contribution < -0.4 is 5.32 Å². The number of hydrogen-bond donors (Lipinski definition) is 2. The molecule has 0 heterocycles. The van der Waals surface area contributed by atoms with E-state index in [1.807, 2.05) is 33.3 Å². The molecule has 1 amide bonds. The molecule has 0 fully saturated rings. The molecule has 0 saturated heterocycles. The van der Waals surface area contributed by atoms with Crippen LogP contribution in [0.4, 0.5) is 0 Å². The fraction of sp³-hybridized carbons (Fsp3) is 0.684. The van der Waals surface area contributed by atoms with Gasteiger partial charge in [-0.3, -0.25) is 18.6 Å². The van der Waals surface area contributed by atoms with Gasteiger partial charge in [-0.2, -0.15) is 0 Å². The lowest BCUT2D eigenvalue weighted by Crippen LogP contribution is -2.47. The SMILES string of the molecule is CC/C=C\C/C=C\C/C=C\C/C=C\C/C=C\C/C=C\CCCCCCCCC(=O)NC(COP(=O)(O)OCC[N+](C)(C)C)C(/C=C/CCCCCCCCCCCC)OC(=O)CCCCCCCCC/C=C\C/C=C\C/C=C\C/C=C\CCCCC. The van der Waals surface area contributed by atoms with Crippen molar-refractivity contribution >= 4 is 19.7 Å². The van der Waals surface area contributed by atoms with E-state index in [4.69, 9.17) is 13.8 Å². The quantitative estimate of drug-likeness (QED) is 0.0205. The molecule has 10 heteroatoms. The van der Waals surface area contributed by atoms with Crippen molar-refractivity contribution < 1.29 is 37.3 Å². The van der Waals surface area contributed by atoms with Gasteiger partial charge in [0, 0.05) is 12.8 Å². The Bertz CT molecular complexity index is 1930. The van der Waals surface area contributed by atoms with Crippen LogP contribution in [0.15, 0.2) is 134 Å². The molecule has 0 radical (unpaired) electrons. The lowest BCUT2D eigenvalue weighted by molar-refractivity contribution is -0.870. The Kier molecular flexibility index (Phi) is 61.3. The summed E-state index contributed by atoms with van der Waals surface area (Å²) in [5.74, 6) is -0.539. The summed E-state index contributed by atoms with van der Waals surface area (Å²) in [5, 5.41) is 3.06. The number of likely N-dealkylation sites (N-methyl/N-ethyl adjacent to an activating group) is 1. The molecule has 3 unspecified atom stereocenters. The fourth-order valence-electron chi connectivity index (χ4n) is 9.46. The number of hydrogen-bond acceptors (Lipinski definition) is 6. The average Bonchev–Trinajstić information content (AvgIpc) is 3.69. The molecule has 0 aliphatic carbocycles. The van der Waals surface area contributed by atoms with E-state index in [2.05, 4.69) is 148 Å². The van der Waals surface area contributed by atoms with Crippen molar-refractivity contribution in [1.29, 1.82) is 0 Å². The maximum absolute atomic E-state index is 13.6. The van der Waals surface area contributed by atoms with Crippen LogP contribution in [0.1, 0.15) is 284 Å². The molecule has 3 atom stereocenters. The van der Waals surface area contributed by atoms with Crippen LogP contribution in [0.5, 0.6) is 0 Å². The minimum Gasteiger partial charge on any atom is -0.456 e. The summed E-state index contributed by atoms with van der Waals surface area (Å²) in [6.45, 7) is 6.85. The molecule has 0 aliphatic rings. The molecular formula is C76H132N2O7P+. The van der Waals surface area contributed by atoms with Gasteiger partial charge in [0.1, 0.15) is 19.3 Å². The molecule has 86 heavy (non-hydrogen) atoms. The zero-order valence-corrected chi connectivity index (χ0v) is 57.2. The van der Waals surface area contributed by atoms with Gasteiger partial charge in [0.2, 0.25) is 5.91 Å². The first-order valence-electron chi connectivity index (χ1n) is 35.0. The van der Waals surface area contributed by atoms with Crippen molar-refractivity contribution in [3.05, 3.63) is 134 Å². The summed E-state index contributed by atoms with van der Waals surface area (Å²) >= 11 is 0. The molecule has 0 bridgehead atoms. The lowest BCUT2D eigenvalue weighted by Gasteiger charge is -2.27. The van der Waals surface area contributed by atoms with Gasteiger partial charge in [-0.05, 0) is 128 Å². The minimum atomic E-state index is -4.47. The number of phosphoric acid groups is 1. The number of allylic oxidation sites excluding steroid dienone is 21. The van der Waals surface area contributed by atoms with Gasteiger partial charge in [0.25, 0.3) is 0 Å². The minimum absolute atomic E-state index is 0.0279. The molecule has 0 spiro atoms. The van der Waals surface area contributed by atoms with E-state index in [9.17, 15) is 19.0 Å². The molecule has 9 nitrogen and oxygen atoms in total. The summed E-state index contributed by atoms with van der Waals surface area (Å²) in [7, 11) is 1.46. The second-order valence-corrected chi connectivity index (χ2v) is 25.8. The van der Waals surface area contributed by atoms with Crippen molar-refractivity contribution in [2.75, 3.05) is 40.9 Å². The first kappa shape index (κ1) is 82.1. The van der Waals surface area contributed by atoms with Crippen LogP contribution in [0.3, 0.4) is 0 Å². The summed E-state index contributed by atoms with van der Waals surface area (Å²) in [4.78, 5) is 37.9. The molecular weight excluding hydrogens is 1080 g/mol. The van der Waals surface area contributed by atoms with Gasteiger partial charge < -0.3 is 19.4 Å². The third kappa shape index (κ3) is 64.6. The standard InChI is InChI=1S/C76H131N2O7P/c1-7-10-13-16-19-22-25-28-30-32-34-36-38-39-41-42-44-46-48-50-53-56-59-62-65-68-75(79)77-73(72-84-86(81,82)83-71-70-78(4,5)6)74(67-64-61-58-55-52-27-24-21-18-15-12-9-3)85-76(80)69-66-63-60-57-54-51-49-47-45-43-40-37-35-33-31-29-26-23-20-17-14-11-8-2/h10,13,19-20,22-23,28-31,34-37,39,41,43-46,64,67,73-74H,7-9,11-12,14-18,21,24-27,32-33,38,40,42,47-63,65-66,68-72H2,1-6H3,(H-,77,79,81,82)/p+1/b13-10-,22-19-,23-20-,30-28-,31-29-,36-34-,37-35-,41-39-,45-43-,46-44-,67-64+. The van der Waals surface area contributed by atoms with Crippen molar-refractivity contribution in [3.8, 4) is 0 Å². The number of quaternary nitrogens is 1. The van der Waals surface area contributed by atoms with Crippen LogP contribution in [0.25, 0.3) is 0 Å². The maximum atomic E-state index is 13.6. The van der Waals surface area contributed by atoms with E-state index in [0.717, 1.165) is 154 Å². The van der Waals surface area contributed by atoms with Gasteiger partial charge in [-0.1, -0.05) is 277 Å². The van der Waals surface area contributed by atoms with E-state index in [1.54, 1.807) is 0 Å². The Morgan fingerprint density at radius 1 is 0.419 bits per heavy atom. The highest BCUT2D eigenvalue weighted by Gasteiger charge is 2.30. The molecule has 0 aromatic carbocycles. The summed E-state index contributed by atoms with van der Waals surface area (Å²) < 4.78 is 30.8. The molecule has 2 N–H and O–H groups in total. The summed E-state index contributed by atoms with van der Waals surface area (Å²) in [5.41, 5.74) is 0. The number of nitrogens with one attached hydrogen (secondary N) is 1. The van der Waals surface area contributed by atoms with Crippen LogP contribution in [0, 0.1) is 0 Å². The average molecular weight is 1220 g/mol. The molecule has 492 valence electrons. The van der Waals surface area contributed by atoms with E-state index in [-0.39, 0.29) is 31.5 Å². The first-order valence-corrected chi connectivity index (χ1v) is 36.5. The first-order chi connectivity index (χ1) is 41.9. The van der Waals surface area contributed by atoms with E-state index in [0.29, 0.717) is 17.4 Å². The Labute approximate surface area is 530 Å². The molecule has 0 aliphatic heterocycles. The highest BCUT2D eigenvalue weighted by Crippen LogP contribution is 2.43. The van der Waals surface area contributed by atoms with Gasteiger partial charge in [0.15, 0.2) is 0 Å². The lowest BCUT2D eigenvalue weighted by atomic mass is 10.0. The topological polar surface area (TPSA) is 111 Å². The Hall–Kier alpha value is -3.85. The Balaban J connectivity index is 5.18. The van der Waals surface area contributed by atoms with Gasteiger partial charge >= 0.3 is 13.8 Å². The number of rotatable bonds is 62. The number of phosphoric ester groups is 1. The zero-order chi connectivity index (χ0) is 62.8. The number of amides is 1. The predicted octanol–water partition coefficient (Wildman–Crippen LogP) is 22.4. The van der Waals surface area contributed by atoms with E-state index >= 15 is 0 Å². The Morgan fingerprint density at radius 3 is 1.14 bits per heavy atom. The number of esters is 1. The van der Waals surface area contributed by atoms with Crippen molar-refractivity contribution in [2.24, 2.45) is 0 Å². The third-order valence-corrected chi connectivity index (χ3v) is 15.8. The second-order valence-electron chi connectivity index (χ2n) is 24.3.